The first-order chi connectivity index (χ1) is 15.6. The number of para-hydroxylation sites is 1. The van der Waals surface area contributed by atoms with Crippen molar-refractivity contribution in [2.24, 2.45) is 0 Å². The Morgan fingerprint density at radius 3 is 2.24 bits per heavy atom. The molecule has 0 radical (unpaired) electrons. The summed E-state index contributed by atoms with van der Waals surface area (Å²) < 4.78 is 31.6. The second kappa shape index (κ2) is 11.7. The molecular formula is C24H33N3O5S. The van der Waals surface area contributed by atoms with E-state index in [0.29, 0.717) is 24.4 Å². The SMILES string of the molecule is CCNC(=O)[C@H](C)N(Cc1ccc(OC)cc1)C(=O)CN(c1ccccc1CC)S(C)(=O)=O. The van der Waals surface area contributed by atoms with Gasteiger partial charge in [0.25, 0.3) is 0 Å². The molecule has 0 heterocycles. The maximum absolute atomic E-state index is 13.5. The van der Waals surface area contributed by atoms with Gasteiger partial charge >= 0.3 is 0 Å². The van der Waals surface area contributed by atoms with Gasteiger partial charge in [0.15, 0.2) is 0 Å². The van der Waals surface area contributed by atoms with Crippen LogP contribution in [-0.2, 0) is 32.6 Å². The first-order valence-electron chi connectivity index (χ1n) is 10.9. The van der Waals surface area contributed by atoms with Crippen LogP contribution in [0.15, 0.2) is 48.5 Å². The molecule has 2 rings (SSSR count). The van der Waals surface area contributed by atoms with Gasteiger partial charge in [-0.3, -0.25) is 13.9 Å². The lowest BCUT2D eigenvalue weighted by molar-refractivity contribution is -0.139. The van der Waals surface area contributed by atoms with Crippen LogP contribution in [0.25, 0.3) is 0 Å². The Morgan fingerprint density at radius 1 is 1.06 bits per heavy atom. The van der Waals surface area contributed by atoms with Crippen molar-refractivity contribution in [2.75, 3.05) is 30.8 Å². The molecule has 0 aliphatic rings. The molecule has 0 aromatic heterocycles. The molecule has 0 aliphatic heterocycles. The number of hydrogen-bond donors (Lipinski definition) is 1. The molecule has 1 atom stereocenters. The van der Waals surface area contributed by atoms with E-state index in [0.717, 1.165) is 21.7 Å². The van der Waals surface area contributed by atoms with Crippen LogP contribution in [-0.4, -0.2) is 57.6 Å². The monoisotopic (exact) mass is 475 g/mol. The largest absolute Gasteiger partial charge is 0.497 e. The van der Waals surface area contributed by atoms with Crippen molar-refractivity contribution in [3.05, 3.63) is 59.7 Å². The third-order valence-electron chi connectivity index (χ3n) is 5.35. The van der Waals surface area contributed by atoms with Gasteiger partial charge in [-0.1, -0.05) is 37.3 Å². The molecule has 0 spiro atoms. The van der Waals surface area contributed by atoms with Crippen LogP contribution in [0, 0.1) is 0 Å². The highest BCUT2D eigenvalue weighted by Gasteiger charge is 2.30. The normalized spacial score (nSPS) is 12.0. The Bertz CT molecular complexity index is 1050. The van der Waals surface area contributed by atoms with Crippen molar-refractivity contribution < 1.29 is 22.7 Å². The number of aryl methyl sites for hydroxylation is 1. The third kappa shape index (κ3) is 6.95. The number of sulfonamides is 1. The molecular weight excluding hydrogens is 442 g/mol. The molecule has 0 bridgehead atoms. The number of carbonyl (C=O) groups excluding carboxylic acids is 2. The van der Waals surface area contributed by atoms with Crippen molar-refractivity contribution in [3.63, 3.8) is 0 Å². The molecule has 2 amide bonds. The molecule has 8 nitrogen and oxygen atoms in total. The van der Waals surface area contributed by atoms with Crippen molar-refractivity contribution in [1.29, 1.82) is 0 Å². The quantitative estimate of drug-likeness (QED) is 0.539. The first-order valence-corrected chi connectivity index (χ1v) is 12.7. The molecule has 0 saturated carbocycles. The van der Waals surface area contributed by atoms with Crippen molar-refractivity contribution in [1.82, 2.24) is 10.2 Å². The number of anilines is 1. The molecule has 0 saturated heterocycles. The van der Waals surface area contributed by atoms with E-state index < -0.39 is 28.5 Å². The first kappa shape index (κ1) is 26.2. The summed E-state index contributed by atoms with van der Waals surface area (Å²) in [5.74, 6) is -0.104. The summed E-state index contributed by atoms with van der Waals surface area (Å²) in [6, 6.07) is 13.5. The molecule has 0 unspecified atom stereocenters. The number of ether oxygens (including phenoxy) is 1. The number of benzene rings is 2. The number of hydrogen-bond acceptors (Lipinski definition) is 5. The van der Waals surface area contributed by atoms with E-state index in [1.165, 1.54) is 4.90 Å². The second-order valence-corrected chi connectivity index (χ2v) is 9.60. The highest BCUT2D eigenvalue weighted by Crippen LogP contribution is 2.24. The van der Waals surface area contributed by atoms with Gasteiger partial charge in [0.2, 0.25) is 21.8 Å². The minimum Gasteiger partial charge on any atom is -0.497 e. The zero-order chi connectivity index (χ0) is 24.6. The zero-order valence-corrected chi connectivity index (χ0v) is 20.7. The predicted molar refractivity (Wildman–Crippen MR) is 130 cm³/mol. The lowest BCUT2D eigenvalue weighted by Gasteiger charge is -2.32. The maximum Gasteiger partial charge on any atom is 0.244 e. The van der Waals surface area contributed by atoms with Gasteiger partial charge in [-0.15, -0.1) is 0 Å². The van der Waals surface area contributed by atoms with Crippen molar-refractivity contribution >= 4 is 27.5 Å². The summed E-state index contributed by atoms with van der Waals surface area (Å²) in [5.41, 5.74) is 2.07. The van der Waals surface area contributed by atoms with Crippen LogP contribution >= 0.6 is 0 Å². The number of nitrogens with one attached hydrogen (secondary N) is 1. The van der Waals surface area contributed by atoms with Crippen LogP contribution < -0.4 is 14.4 Å². The van der Waals surface area contributed by atoms with Gasteiger partial charge in [-0.2, -0.15) is 0 Å². The Balaban J connectivity index is 2.40. The summed E-state index contributed by atoms with van der Waals surface area (Å²) in [6.45, 7) is 5.52. The van der Waals surface area contributed by atoms with E-state index in [4.69, 9.17) is 4.74 Å². The average molecular weight is 476 g/mol. The van der Waals surface area contributed by atoms with Crippen LogP contribution in [0.2, 0.25) is 0 Å². The zero-order valence-electron chi connectivity index (χ0n) is 19.9. The number of methoxy groups -OCH3 is 1. The summed E-state index contributed by atoms with van der Waals surface area (Å²) in [4.78, 5) is 27.4. The molecule has 1 N–H and O–H groups in total. The van der Waals surface area contributed by atoms with Crippen LogP contribution in [0.1, 0.15) is 31.9 Å². The lowest BCUT2D eigenvalue weighted by atomic mass is 10.1. The van der Waals surface area contributed by atoms with Gasteiger partial charge in [-0.05, 0) is 49.6 Å². The standard InChI is InChI=1S/C24H33N3O5S/c1-6-20-10-8-9-11-22(20)27(33(5,30)31)17-23(28)26(18(3)24(29)25-7-2)16-19-12-14-21(32-4)15-13-19/h8-15,18H,6-7,16-17H2,1-5H3,(H,25,29)/t18-/m0/s1. The number of likely N-dealkylation sites (N-methyl/N-ethyl adjacent to an activating group) is 1. The average Bonchev–Trinajstić information content (AvgIpc) is 2.80. The topological polar surface area (TPSA) is 96.0 Å². The fourth-order valence-electron chi connectivity index (χ4n) is 3.48. The van der Waals surface area contributed by atoms with E-state index in [9.17, 15) is 18.0 Å². The number of nitrogens with zero attached hydrogens (tertiary/aromatic N) is 2. The molecule has 0 aliphatic carbocycles. The molecule has 9 heteroatoms. The smallest absolute Gasteiger partial charge is 0.244 e. The van der Waals surface area contributed by atoms with Gasteiger partial charge in [-0.25, -0.2) is 8.42 Å². The lowest BCUT2D eigenvalue weighted by Crippen LogP contribution is -2.51. The Morgan fingerprint density at radius 2 is 1.70 bits per heavy atom. The highest BCUT2D eigenvalue weighted by atomic mass is 32.2. The predicted octanol–water partition coefficient (Wildman–Crippen LogP) is 2.58. The van der Waals surface area contributed by atoms with E-state index in [2.05, 4.69) is 5.32 Å². The van der Waals surface area contributed by atoms with E-state index in [-0.39, 0.29) is 12.5 Å². The van der Waals surface area contributed by atoms with Crippen LogP contribution in [0.3, 0.4) is 0 Å². The Labute approximate surface area is 196 Å². The molecule has 2 aromatic rings. The van der Waals surface area contributed by atoms with Crippen LogP contribution in [0.5, 0.6) is 5.75 Å². The van der Waals surface area contributed by atoms with Crippen molar-refractivity contribution in [2.45, 2.75) is 39.8 Å². The van der Waals surface area contributed by atoms with E-state index >= 15 is 0 Å². The summed E-state index contributed by atoms with van der Waals surface area (Å²) in [6.07, 6.45) is 1.69. The van der Waals surface area contributed by atoms with Gasteiger partial charge in [0.05, 0.1) is 19.1 Å². The molecule has 180 valence electrons. The number of amides is 2. The fourth-order valence-corrected chi connectivity index (χ4v) is 4.36. The summed E-state index contributed by atoms with van der Waals surface area (Å²) in [7, 11) is -2.18. The van der Waals surface area contributed by atoms with Gasteiger partial charge < -0.3 is 15.0 Å². The molecule has 33 heavy (non-hydrogen) atoms. The highest BCUT2D eigenvalue weighted by molar-refractivity contribution is 7.92. The fraction of sp³-hybridized carbons (Fsp3) is 0.417. The third-order valence-corrected chi connectivity index (χ3v) is 6.48. The van der Waals surface area contributed by atoms with Gasteiger partial charge in [0.1, 0.15) is 18.3 Å². The second-order valence-electron chi connectivity index (χ2n) is 7.69. The maximum atomic E-state index is 13.5. The minimum atomic E-state index is -3.75. The molecule has 2 aromatic carbocycles. The van der Waals surface area contributed by atoms with E-state index in [1.54, 1.807) is 45.2 Å². The Kier molecular flexibility index (Phi) is 9.28. The summed E-state index contributed by atoms with van der Waals surface area (Å²) >= 11 is 0. The molecule has 0 fully saturated rings. The minimum absolute atomic E-state index is 0.147. The summed E-state index contributed by atoms with van der Waals surface area (Å²) in [5, 5.41) is 2.73. The van der Waals surface area contributed by atoms with E-state index in [1.807, 2.05) is 31.2 Å². The van der Waals surface area contributed by atoms with Gasteiger partial charge in [0, 0.05) is 13.1 Å². The number of carbonyl (C=O) groups is 2. The van der Waals surface area contributed by atoms with Crippen molar-refractivity contribution in [3.8, 4) is 5.75 Å². The van der Waals surface area contributed by atoms with Crippen LogP contribution in [0.4, 0.5) is 5.69 Å². The Hall–Kier alpha value is -3.07. The number of rotatable bonds is 11.